The molecule has 2 aromatic heterocycles. The molecule has 0 bridgehead atoms. The highest BCUT2D eigenvalue weighted by molar-refractivity contribution is 5.86. The summed E-state index contributed by atoms with van der Waals surface area (Å²) in [6.07, 6.45) is 4.72. The molecule has 2 aromatic carbocycles. The van der Waals surface area contributed by atoms with Crippen LogP contribution in [0.5, 0.6) is 0 Å². The number of methoxy groups -OCH3 is 1. The zero-order valence-corrected chi connectivity index (χ0v) is 29.1. The number of hydrogen-bond donors (Lipinski definition) is 4. The molecule has 1 fully saturated rings. The quantitative estimate of drug-likeness (QED) is 0.147. The Hall–Kier alpha value is -3.57. The van der Waals surface area contributed by atoms with Crippen molar-refractivity contribution in [1.82, 2.24) is 30.2 Å². The predicted octanol–water partition coefficient (Wildman–Crippen LogP) is 7.10. The molecule has 0 unspecified atom stereocenters. The van der Waals surface area contributed by atoms with E-state index in [9.17, 15) is 9.59 Å². The average Bonchev–Trinajstić information content (AvgIpc) is 3.80. The number of halogens is 3. The molecule has 250 valence electrons. The summed E-state index contributed by atoms with van der Waals surface area (Å²) in [5.74, 6) is 1.65. The summed E-state index contributed by atoms with van der Waals surface area (Å²) in [4.78, 5) is 43.0. The molecule has 46 heavy (non-hydrogen) atoms. The molecule has 1 aliphatic heterocycles. The standard InChI is InChI=1S/C33H41N7O3.3ClH/c1-19(2)28(34)31-36-18-26(38-31)24-14-10-22(11-15-24)21-8-12-23(13-9-21)25-17-35-30(37-25)27-7-6-16-40(27)32(41)29(20(3)4)39-33(42)43-5;;;/h8-15,17-20,27-29H,6-7,16,34H2,1-5H3,(H,35,37)(H,36,38)(H,39,42);3*1H/t27-,28-,29-;;;/m0.../s1. The van der Waals surface area contributed by atoms with Gasteiger partial charge in [0.1, 0.15) is 17.7 Å². The number of nitrogens with two attached hydrogens (primary N) is 1. The van der Waals surface area contributed by atoms with Gasteiger partial charge >= 0.3 is 6.09 Å². The summed E-state index contributed by atoms with van der Waals surface area (Å²) < 4.78 is 4.74. The molecule has 1 aliphatic rings. The van der Waals surface area contributed by atoms with Gasteiger partial charge in [-0.2, -0.15) is 0 Å². The molecular weight excluding hydrogens is 649 g/mol. The zero-order valence-electron chi connectivity index (χ0n) is 26.7. The lowest BCUT2D eigenvalue weighted by molar-refractivity contribution is -0.135. The Bertz CT molecular complexity index is 1560. The minimum atomic E-state index is -0.663. The van der Waals surface area contributed by atoms with Crippen LogP contribution in [-0.4, -0.2) is 56.5 Å². The number of amides is 2. The molecule has 1 saturated heterocycles. The molecule has 3 heterocycles. The second-order valence-corrected chi connectivity index (χ2v) is 11.8. The van der Waals surface area contributed by atoms with Crippen LogP contribution in [0.3, 0.4) is 0 Å². The largest absolute Gasteiger partial charge is 0.453 e. The lowest BCUT2D eigenvalue weighted by Gasteiger charge is -2.30. The Morgan fingerprint density at radius 3 is 1.89 bits per heavy atom. The summed E-state index contributed by atoms with van der Waals surface area (Å²) >= 11 is 0. The molecule has 2 amide bonds. The van der Waals surface area contributed by atoms with Crippen molar-refractivity contribution in [2.75, 3.05) is 13.7 Å². The number of imidazole rings is 2. The first-order valence-corrected chi connectivity index (χ1v) is 14.9. The first kappa shape index (κ1) is 38.6. The number of ether oxygens (including phenoxy) is 1. The molecule has 13 heteroatoms. The maximum atomic E-state index is 13.4. The van der Waals surface area contributed by atoms with Gasteiger partial charge in [-0.05, 0) is 46.9 Å². The normalized spacial score (nSPS) is 15.4. The van der Waals surface area contributed by atoms with E-state index in [1.54, 1.807) is 0 Å². The minimum absolute atomic E-state index is 0. The topological polar surface area (TPSA) is 142 Å². The SMILES string of the molecule is COC(=O)N[C@H](C(=O)N1CCC[C@H]1c1ncc(-c2ccc(-c3ccc(-c4cnc([C@@H](N)C(C)C)[nH]4)cc3)cc2)[nH]1)C(C)C.Cl.Cl.Cl. The summed E-state index contributed by atoms with van der Waals surface area (Å²) in [5.41, 5.74) is 12.4. The number of aromatic amines is 2. The Kier molecular flexibility index (Phi) is 14.1. The summed E-state index contributed by atoms with van der Waals surface area (Å²) in [5, 5.41) is 2.69. The monoisotopic (exact) mass is 691 g/mol. The maximum absolute atomic E-state index is 13.4. The fourth-order valence-electron chi connectivity index (χ4n) is 5.50. The minimum Gasteiger partial charge on any atom is -0.453 e. The van der Waals surface area contributed by atoms with Crippen LogP contribution >= 0.6 is 37.2 Å². The number of benzene rings is 2. The van der Waals surface area contributed by atoms with Crippen molar-refractivity contribution in [2.45, 2.75) is 58.7 Å². The van der Waals surface area contributed by atoms with Crippen molar-refractivity contribution in [3.63, 3.8) is 0 Å². The van der Waals surface area contributed by atoms with E-state index in [1.807, 2.05) is 31.1 Å². The van der Waals surface area contributed by atoms with E-state index in [2.05, 4.69) is 87.6 Å². The lowest BCUT2D eigenvalue weighted by Crippen LogP contribution is -2.51. The van der Waals surface area contributed by atoms with E-state index < -0.39 is 12.1 Å². The Morgan fingerprint density at radius 1 is 0.848 bits per heavy atom. The Morgan fingerprint density at radius 2 is 1.37 bits per heavy atom. The van der Waals surface area contributed by atoms with E-state index >= 15 is 0 Å². The fourth-order valence-corrected chi connectivity index (χ4v) is 5.50. The predicted molar refractivity (Wildman–Crippen MR) is 188 cm³/mol. The van der Waals surface area contributed by atoms with Gasteiger partial charge in [0, 0.05) is 6.54 Å². The summed E-state index contributed by atoms with van der Waals surface area (Å²) in [6.45, 7) is 8.60. The van der Waals surface area contributed by atoms with Crippen LogP contribution in [0.2, 0.25) is 0 Å². The van der Waals surface area contributed by atoms with Crippen molar-refractivity contribution in [3.8, 4) is 33.6 Å². The van der Waals surface area contributed by atoms with Gasteiger partial charge in [0.05, 0.1) is 43.0 Å². The highest BCUT2D eigenvalue weighted by atomic mass is 35.5. The summed E-state index contributed by atoms with van der Waals surface area (Å²) in [7, 11) is 1.30. The lowest BCUT2D eigenvalue weighted by atomic mass is 10.0. The smallest absolute Gasteiger partial charge is 0.407 e. The van der Waals surface area contributed by atoms with E-state index in [4.69, 9.17) is 10.5 Å². The molecular formula is C33H44Cl3N7O3. The van der Waals surface area contributed by atoms with Crippen LogP contribution in [0.25, 0.3) is 33.6 Å². The van der Waals surface area contributed by atoms with Crippen molar-refractivity contribution in [3.05, 3.63) is 72.6 Å². The number of nitrogens with one attached hydrogen (secondary N) is 3. The number of rotatable bonds is 9. The van der Waals surface area contributed by atoms with Gasteiger partial charge in [0.25, 0.3) is 0 Å². The molecule has 4 aromatic rings. The van der Waals surface area contributed by atoms with Crippen LogP contribution in [0.4, 0.5) is 4.79 Å². The van der Waals surface area contributed by atoms with Crippen LogP contribution in [0.1, 0.15) is 64.3 Å². The van der Waals surface area contributed by atoms with Gasteiger partial charge in [0.2, 0.25) is 5.91 Å². The van der Waals surface area contributed by atoms with Crippen molar-refractivity contribution < 1.29 is 14.3 Å². The molecule has 0 radical (unpaired) electrons. The third-order valence-electron chi connectivity index (χ3n) is 8.19. The number of likely N-dealkylation sites (tertiary alicyclic amines) is 1. The van der Waals surface area contributed by atoms with Gasteiger partial charge < -0.3 is 30.7 Å². The summed E-state index contributed by atoms with van der Waals surface area (Å²) in [6, 6.07) is 15.8. The highest BCUT2D eigenvalue weighted by Gasteiger charge is 2.37. The second-order valence-electron chi connectivity index (χ2n) is 11.8. The second kappa shape index (κ2) is 16.8. The third-order valence-corrected chi connectivity index (χ3v) is 8.19. The number of nitrogens with zero attached hydrogens (tertiary/aromatic N) is 3. The molecule has 3 atom stereocenters. The number of alkyl carbamates (subject to hydrolysis) is 1. The third kappa shape index (κ3) is 8.41. The number of H-pyrrole nitrogens is 2. The number of carbonyl (C=O) groups excluding carboxylic acids is 2. The Balaban J connectivity index is 0.00000245. The zero-order chi connectivity index (χ0) is 30.7. The van der Waals surface area contributed by atoms with Gasteiger partial charge in [-0.3, -0.25) is 4.79 Å². The number of aromatic nitrogens is 4. The van der Waals surface area contributed by atoms with E-state index in [0.717, 1.165) is 58.1 Å². The number of hydrogen-bond acceptors (Lipinski definition) is 6. The van der Waals surface area contributed by atoms with Crippen LogP contribution in [0.15, 0.2) is 60.9 Å². The van der Waals surface area contributed by atoms with Crippen molar-refractivity contribution in [2.24, 2.45) is 17.6 Å². The average molecular weight is 693 g/mol. The van der Waals surface area contributed by atoms with E-state index in [0.29, 0.717) is 12.5 Å². The van der Waals surface area contributed by atoms with Crippen molar-refractivity contribution in [1.29, 1.82) is 0 Å². The Labute approximate surface area is 288 Å². The highest BCUT2D eigenvalue weighted by Crippen LogP contribution is 2.33. The van der Waals surface area contributed by atoms with E-state index in [-0.39, 0.29) is 61.1 Å². The molecule has 0 aliphatic carbocycles. The molecule has 5 N–H and O–H groups in total. The molecule has 10 nitrogen and oxygen atoms in total. The van der Waals surface area contributed by atoms with Gasteiger partial charge in [-0.1, -0.05) is 76.2 Å². The van der Waals surface area contributed by atoms with Crippen LogP contribution < -0.4 is 11.1 Å². The number of carbonyl (C=O) groups is 2. The van der Waals surface area contributed by atoms with Crippen LogP contribution in [0, 0.1) is 11.8 Å². The maximum Gasteiger partial charge on any atom is 0.407 e. The molecule has 5 rings (SSSR count). The van der Waals surface area contributed by atoms with Crippen LogP contribution in [-0.2, 0) is 9.53 Å². The molecule has 0 saturated carbocycles. The fraction of sp³-hybridized carbons (Fsp3) is 0.394. The van der Waals surface area contributed by atoms with Gasteiger partial charge in [-0.15, -0.1) is 37.2 Å². The molecule has 0 spiro atoms. The van der Waals surface area contributed by atoms with Crippen molar-refractivity contribution >= 4 is 49.2 Å². The first-order chi connectivity index (χ1) is 20.7. The van der Waals surface area contributed by atoms with Gasteiger partial charge in [0.15, 0.2) is 0 Å². The van der Waals surface area contributed by atoms with E-state index in [1.165, 1.54) is 7.11 Å². The first-order valence-electron chi connectivity index (χ1n) is 14.9. The van der Waals surface area contributed by atoms with Gasteiger partial charge in [-0.25, -0.2) is 14.8 Å².